The third-order valence-corrected chi connectivity index (χ3v) is 5.97. The Balaban J connectivity index is 1.85. The zero-order chi connectivity index (χ0) is 18.3. The number of allylic oxidation sites excluding steroid dienone is 2. The normalized spacial score (nSPS) is 21.5. The molecule has 0 saturated heterocycles. The summed E-state index contributed by atoms with van der Waals surface area (Å²) in [5.74, 6) is 2.14. The first-order valence-corrected chi connectivity index (χ1v) is 9.87. The minimum atomic E-state index is 0.0778. The van der Waals surface area contributed by atoms with Gasteiger partial charge in [0.25, 0.3) is 0 Å². The molecule has 0 fully saturated rings. The summed E-state index contributed by atoms with van der Waals surface area (Å²) < 4.78 is 13.8. The number of hydrogen-bond donors (Lipinski definition) is 0. The highest BCUT2D eigenvalue weighted by Gasteiger charge is 2.36. The van der Waals surface area contributed by atoms with Crippen molar-refractivity contribution >= 4 is 17.6 Å². The molecule has 4 rings (SSSR count). The van der Waals surface area contributed by atoms with Crippen molar-refractivity contribution in [3.8, 4) is 10.4 Å². The molecule has 5 heteroatoms. The van der Waals surface area contributed by atoms with Gasteiger partial charge in [0.15, 0.2) is 17.8 Å². The molecule has 1 aliphatic heterocycles. The van der Waals surface area contributed by atoms with E-state index in [1.54, 1.807) is 18.4 Å². The van der Waals surface area contributed by atoms with E-state index in [-0.39, 0.29) is 12.0 Å². The zero-order valence-electron chi connectivity index (χ0n) is 15.3. The number of aldehydes is 1. The number of hydrogen-bond acceptors (Lipinski definition) is 4. The number of thiophene rings is 1. The fraction of sp³-hybridized carbons (Fsp3) is 0.381. The van der Waals surface area contributed by atoms with Crippen molar-refractivity contribution in [2.75, 3.05) is 7.11 Å². The first-order valence-electron chi connectivity index (χ1n) is 8.99. The fourth-order valence-corrected chi connectivity index (χ4v) is 4.76. The molecule has 1 aliphatic carbocycles. The highest BCUT2D eigenvalue weighted by molar-refractivity contribution is 7.13. The Kier molecular flexibility index (Phi) is 4.49. The van der Waals surface area contributed by atoms with Crippen molar-refractivity contribution in [3.63, 3.8) is 0 Å². The maximum absolute atomic E-state index is 11.6. The average Bonchev–Trinajstić information content (AvgIpc) is 3.27. The molecule has 0 saturated carbocycles. The Hall–Kier alpha value is -2.27. The van der Waals surface area contributed by atoms with Crippen LogP contribution < -0.4 is 0 Å². The minimum Gasteiger partial charge on any atom is -0.493 e. The summed E-state index contributed by atoms with van der Waals surface area (Å²) in [4.78, 5) is 12.8. The van der Waals surface area contributed by atoms with Crippen LogP contribution >= 0.6 is 11.3 Å². The molecule has 2 aliphatic rings. The second kappa shape index (κ2) is 6.80. The van der Waals surface area contributed by atoms with Gasteiger partial charge in [-0.15, -0.1) is 11.3 Å². The summed E-state index contributed by atoms with van der Waals surface area (Å²) in [6.07, 6.45) is 6.40. The van der Waals surface area contributed by atoms with E-state index in [4.69, 9.17) is 9.47 Å². The molecule has 2 aromatic rings. The first kappa shape index (κ1) is 17.2. The van der Waals surface area contributed by atoms with Crippen molar-refractivity contribution in [1.29, 1.82) is 0 Å². The molecule has 0 amide bonds. The molecule has 2 aromatic heterocycles. The second-order valence-electron chi connectivity index (χ2n) is 7.03. The van der Waals surface area contributed by atoms with E-state index in [0.717, 1.165) is 42.0 Å². The van der Waals surface area contributed by atoms with Gasteiger partial charge in [-0.25, -0.2) is 0 Å². The van der Waals surface area contributed by atoms with E-state index >= 15 is 0 Å². The molecular formula is C21H23NO3S. The summed E-state index contributed by atoms with van der Waals surface area (Å²) in [6, 6.07) is 6.20. The van der Waals surface area contributed by atoms with Gasteiger partial charge in [-0.05, 0) is 55.9 Å². The van der Waals surface area contributed by atoms with Crippen molar-refractivity contribution in [3.05, 3.63) is 58.6 Å². The molecule has 2 atom stereocenters. The highest BCUT2D eigenvalue weighted by atomic mass is 32.1. The largest absolute Gasteiger partial charge is 0.493 e. The number of methoxy groups -OCH3 is 1. The van der Waals surface area contributed by atoms with E-state index < -0.39 is 0 Å². The third kappa shape index (κ3) is 2.80. The Morgan fingerprint density at radius 3 is 2.81 bits per heavy atom. The van der Waals surface area contributed by atoms with Crippen molar-refractivity contribution in [2.45, 2.75) is 38.8 Å². The van der Waals surface area contributed by atoms with E-state index in [9.17, 15) is 4.79 Å². The lowest BCUT2D eigenvalue weighted by molar-refractivity contribution is 0.111. The molecule has 0 spiro atoms. The predicted octanol–water partition coefficient (Wildman–Crippen LogP) is 4.99. The van der Waals surface area contributed by atoms with Gasteiger partial charge in [-0.1, -0.05) is 6.07 Å². The van der Waals surface area contributed by atoms with Crippen LogP contribution in [0, 0.1) is 5.92 Å². The fourth-order valence-electron chi connectivity index (χ4n) is 4.01. The van der Waals surface area contributed by atoms with Gasteiger partial charge in [0.2, 0.25) is 0 Å². The molecule has 4 nitrogen and oxygen atoms in total. The Bertz CT molecular complexity index is 873. The van der Waals surface area contributed by atoms with Crippen molar-refractivity contribution < 1.29 is 14.3 Å². The number of fused-ring (bicyclic) bond motifs is 3. The monoisotopic (exact) mass is 369 g/mol. The number of rotatable bonds is 5. The number of carbonyl (C=O) groups excluding carboxylic acids is 1. The summed E-state index contributed by atoms with van der Waals surface area (Å²) in [5, 5.41) is 2.08. The lowest BCUT2D eigenvalue weighted by Gasteiger charge is -2.35. The van der Waals surface area contributed by atoms with E-state index in [1.807, 2.05) is 19.9 Å². The number of ether oxygens (including phenoxy) is 2. The highest BCUT2D eigenvalue weighted by Crippen LogP contribution is 2.46. The average molecular weight is 369 g/mol. The first-order chi connectivity index (χ1) is 12.6. The Morgan fingerprint density at radius 2 is 2.15 bits per heavy atom. The lowest BCUT2D eigenvalue weighted by atomic mass is 9.79. The molecule has 3 heterocycles. The summed E-state index contributed by atoms with van der Waals surface area (Å²) >= 11 is 1.71. The maximum Gasteiger partial charge on any atom is 0.166 e. The van der Waals surface area contributed by atoms with Crippen molar-refractivity contribution in [1.82, 2.24) is 4.57 Å². The molecular weight excluding hydrogens is 346 g/mol. The maximum atomic E-state index is 11.6. The topological polar surface area (TPSA) is 40.5 Å². The van der Waals surface area contributed by atoms with Crippen molar-refractivity contribution in [2.24, 2.45) is 5.92 Å². The summed E-state index contributed by atoms with van der Waals surface area (Å²) in [5.41, 5.74) is 3.12. The number of aromatic nitrogens is 1. The van der Waals surface area contributed by atoms with Gasteiger partial charge >= 0.3 is 0 Å². The van der Waals surface area contributed by atoms with Crippen LogP contribution in [0.25, 0.3) is 10.4 Å². The SMILES string of the molecule is COC1=CC2CCn3c(C=O)cc(-c4cccs4)c3C2C=C1OC(C)C. The Labute approximate surface area is 157 Å². The van der Waals surface area contributed by atoms with Gasteiger partial charge < -0.3 is 14.0 Å². The predicted molar refractivity (Wildman–Crippen MR) is 103 cm³/mol. The smallest absolute Gasteiger partial charge is 0.166 e. The van der Waals surface area contributed by atoms with Crippen LogP contribution in [0.1, 0.15) is 42.4 Å². The summed E-state index contributed by atoms with van der Waals surface area (Å²) in [6.45, 7) is 4.88. The van der Waals surface area contributed by atoms with Crippen LogP contribution in [0.3, 0.4) is 0 Å². The number of carbonyl (C=O) groups is 1. The van der Waals surface area contributed by atoms with Crippen LogP contribution in [-0.2, 0) is 16.0 Å². The Morgan fingerprint density at radius 1 is 1.31 bits per heavy atom. The molecule has 0 N–H and O–H groups in total. The van der Waals surface area contributed by atoms with Gasteiger partial charge in [-0.3, -0.25) is 4.79 Å². The van der Waals surface area contributed by atoms with Gasteiger partial charge in [0.05, 0.1) is 18.9 Å². The van der Waals surface area contributed by atoms with Gasteiger partial charge in [-0.2, -0.15) is 0 Å². The molecule has 0 bridgehead atoms. The van der Waals surface area contributed by atoms with Crippen LogP contribution in [0.2, 0.25) is 0 Å². The molecule has 0 radical (unpaired) electrons. The standard InChI is InChI=1S/C21H23NO3S/c1-13(2)25-19-11-16-14(9-18(19)24-3)6-7-22-15(12-23)10-17(21(16)22)20-5-4-8-26-20/h4-5,8-14,16H,6-7H2,1-3H3. The molecule has 2 unspecified atom stereocenters. The molecule has 26 heavy (non-hydrogen) atoms. The summed E-state index contributed by atoms with van der Waals surface area (Å²) in [7, 11) is 1.69. The van der Waals surface area contributed by atoms with Crippen LogP contribution in [0.5, 0.6) is 0 Å². The van der Waals surface area contributed by atoms with E-state index in [1.165, 1.54) is 10.6 Å². The third-order valence-electron chi connectivity index (χ3n) is 5.06. The second-order valence-corrected chi connectivity index (χ2v) is 7.97. The molecule has 0 aromatic carbocycles. The van der Waals surface area contributed by atoms with Gasteiger partial charge in [0, 0.05) is 28.6 Å². The van der Waals surface area contributed by atoms with E-state index in [2.05, 4.69) is 34.2 Å². The zero-order valence-corrected chi connectivity index (χ0v) is 16.1. The molecule has 136 valence electrons. The van der Waals surface area contributed by atoms with Crippen LogP contribution in [0.4, 0.5) is 0 Å². The van der Waals surface area contributed by atoms with Gasteiger partial charge in [0.1, 0.15) is 0 Å². The number of nitrogens with zero attached hydrogens (tertiary/aromatic N) is 1. The lowest BCUT2D eigenvalue weighted by Crippen LogP contribution is -2.27. The van der Waals surface area contributed by atoms with E-state index in [0.29, 0.717) is 5.92 Å². The van der Waals surface area contributed by atoms with Crippen LogP contribution in [0.15, 0.2) is 47.2 Å². The van der Waals surface area contributed by atoms with Crippen LogP contribution in [-0.4, -0.2) is 24.1 Å². The minimum absolute atomic E-state index is 0.0778. The quantitative estimate of drug-likeness (QED) is 0.698.